The summed E-state index contributed by atoms with van der Waals surface area (Å²) in [7, 11) is 0. The van der Waals surface area contributed by atoms with Gasteiger partial charge in [-0.05, 0) is 32.8 Å². The average molecular weight is 280 g/mol. The van der Waals surface area contributed by atoms with Crippen molar-refractivity contribution in [2.45, 2.75) is 46.1 Å². The zero-order valence-corrected chi connectivity index (χ0v) is 12.2. The number of anilines is 1. The highest BCUT2D eigenvalue weighted by Gasteiger charge is 2.18. The van der Waals surface area contributed by atoms with Gasteiger partial charge in [0.2, 0.25) is 0 Å². The number of nitrogens with one attached hydrogen (secondary N) is 1. The largest absolute Gasteiger partial charge is 0.444 e. The lowest BCUT2D eigenvalue weighted by Gasteiger charge is -2.20. The molecule has 0 aliphatic heterocycles. The molecule has 0 atom stereocenters. The Hall–Kier alpha value is -2.11. The van der Waals surface area contributed by atoms with Crippen LogP contribution in [0.15, 0.2) is 18.2 Å². The smallest absolute Gasteiger partial charge is 0.412 e. The molecule has 0 aliphatic rings. The van der Waals surface area contributed by atoms with Crippen LogP contribution in [0.4, 0.5) is 16.2 Å². The number of hydrogen-bond acceptors (Lipinski definition) is 4. The SMILES string of the molecule is CCCc1ccc([N+](=O)[O-])cc1NC(=O)OC(C)(C)C. The van der Waals surface area contributed by atoms with E-state index >= 15 is 0 Å². The fourth-order valence-electron chi connectivity index (χ4n) is 1.70. The second-order valence-corrected chi connectivity index (χ2v) is 5.48. The molecule has 0 saturated carbocycles. The quantitative estimate of drug-likeness (QED) is 0.670. The summed E-state index contributed by atoms with van der Waals surface area (Å²) in [4.78, 5) is 22.1. The first kappa shape index (κ1) is 15.9. The number of rotatable bonds is 4. The van der Waals surface area contributed by atoms with Crippen molar-refractivity contribution >= 4 is 17.5 Å². The van der Waals surface area contributed by atoms with Crippen LogP contribution < -0.4 is 5.32 Å². The molecule has 0 heterocycles. The third-order valence-corrected chi connectivity index (χ3v) is 2.46. The van der Waals surface area contributed by atoms with E-state index in [9.17, 15) is 14.9 Å². The van der Waals surface area contributed by atoms with Crippen LogP contribution in [0.25, 0.3) is 0 Å². The summed E-state index contributed by atoms with van der Waals surface area (Å²) in [6, 6.07) is 4.45. The number of aryl methyl sites for hydroxylation is 1. The van der Waals surface area contributed by atoms with Gasteiger partial charge in [-0.1, -0.05) is 19.4 Å². The molecule has 20 heavy (non-hydrogen) atoms. The van der Waals surface area contributed by atoms with Gasteiger partial charge in [-0.15, -0.1) is 0 Å². The number of hydrogen-bond donors (Lipinski definition) is 1. The number of carbonyl (C=O) groups is 1. The third kappa shape index (κ3) is 4.87. The van der Waals surface area contributed by atoms with Crippen LogP contribution in [-0.2, 0) is 11.2 Å². The monoisotopic (exact) mass is 280 g/mol. The molecule has 1 amide bonds. The minimum Gasteiger partial charge on any atom is -0.444 e. The number of nitrogens with zero attached hydrogens (tertiary/aromatic N) is 1. The maximum atomic E-state index is 11.8. The fraction of sp³-hybridized carbons (Fsp3) is 0.500. The van der Waals surface area contributed by atoms with Crippen molar-refractivity contribution in [3.8, 4) is 0 Å². The summed E-state index contributed by atoms with van der Waals surface area (Å²) < 4.78 is 5.16. The van der Waals surface area contributed by atoms with Gasteiger partial charge in [-0.3, -0.25) is 15.4 Å². The van der Waals surface area contributed by atoms with Gasteiger partial charge < -0.3 is 4.74 Å². The van der Waals surface area contributed by atoms with Crippen molar-refractivity contribution < 1.29 is 14.5 Å². The average Bonchev–Trinajstić information content (AvgIpc) is 2.28. The Balaban J connectivity index is 2.98. The Morgan fingerprint density at radius 3 is 2.55 bits per heavy atom. The molecule has 110 valence electrons. The molecule has 1 N–H and O–H groups in total. The molecule has 1 aromatic rings. The lowest BCUT2D eigenvalue weighted by Crippen LogP contribution is -2.27. The van der Waals surface area contributed by atoms with Crippen molar-refractivity contribution in [3.63, 3.8) is 0 Å². The van der Waals surface area contributed by atoms with Crippen LogP contribution in [0, 0.1) is 10.1 Å². The van der Waals surface area contributed by atoms with Crippen molar-refractivity contribution in [3.05, 3.63) is 33.9 Å². The van der Waals surface area contributed by atoms with Crippen LogP contribution >= 0.6 is 0 Å². The summed E-state index contributed by atoms with van der Waals surface area (Å²) in [5.41, 5.74) is 0.602. The maximum Gasteiger partial charge on any atom is 0.412 e. The third-order valence-electron chi connectivity index (χ3n) is 2.46. The van der Waals surface area contributed by atoms with E-state index in [1.54, 1.807) is 26.8 Å². The van der Waals surface area contributed by atoms with Crippen LogP contribution in [0.1, 0.15) is 39.7 Å². The zero-order valence-electron chi connectivity index (χ0n) is 12.2. The van der Waals surface area contributed by atoms with Gasteiger partial charge in [0.25, 0.3) is 5.69 Å². The van der Waals surface area contributed by atoms with Crippen LogP contribution in [0.2, 0.25) is 0 Å². The Morgan fingerprint density at radius 1 is 1.40 bits per heavy atom. The van der Waals surface area contributed by atoms with Gasteiger partial charge in [-0.25, -0.2) is 4.79 Å². The highest BCUT2D eigenvalue weighted by molar-refractivity contribution is 5.86. The molecule has 0 fully saturated rings. The van der Waals surface area contributed by atoms with Crippen LogP contribution in [0.5, 0.6) is 0 Å². The number of non-ortho nitro benzene ring substituents is 1. The molecule has 0 spiro atoms. The first-order valence-corrected chi connectivity index (χ1v) is 6.50. The molecule has 0 bridgehead atoms. The molecule has 6 heteroatoms. The number of amides is 1. The van der Waals surface area contributed by atoms with Crippen LogP contribution in [0.3, 0.4) is 0 Å². The topological polar surface area (TPSA) is 81.5 Å². The van der Waals surface area contributed by atoms with Crippen LogP contribution in [-0.4, -0.2) is 16.6 Å². The molecular weight excluding hydrogens is 260 g/mol. The van der Waals surface area contributed by atoms with Gasteiger partial charge in [0, 0.05) is 12.1 Å². The fourth-order valence-corrected chi connectivity index (χ4v) is 1.70. The second kappa shape index (κ2) is 6.36. The van der Waals surface area contributed by atoms with E-state index in [0.29, 0.717) is 5.69 Å². The molecular formula is C14H20N2O4. The molecule has 0 aromatic heterocycles. The first-order chi connectivity index (χ1) is 9.23. The minimum absolute atomic E-state index is 0.0593. The van der Waals surface area contributed by atoms with Crippen molar-refractivity contribution in [1.29, 1.82) is 0 Å². The Bertz CT molecular complexity index is 506. The highest BCUT2D eigenvalue weighted by atomic mass is 16.6. The minimum atomic E-state index is -0.615. The molecule has 0 saturated heterocycles. The second-order valence-electron chi connectivity index (χ2n) is 5.48. The van der Waals surface area contributed by atoms with E-state index in [2.05, 4.69) is 5.32 Å². The summed E-state index contributed by atoms with van der Waals surface area (Å²) in [5.74, 6) is 0. The number of nitro groups is 1. The number of carbonyl (C=O) groups excluding carboxylic acids is 1. The van der Waals surface area contributed by atoms with E-state index in [-0.39, 0.29) is 5.69 Å². The highest BCUT2D eigenvalue weighted by Crippen LogP contribution is 2.24. The normalized spacial score (nSPS) is 11.0. The molecule has 0 radical (unpaired) electrons. The standard InChI is InChI=1S/C14H20N2O4/c1-5-6-10-7-8-11(16(18)19)9-12(10)15-13(17)20-14(2,3)4/h7-9H,5-6H2,1-4H3,(H,15,17). The van der Waals surface area contributed by atoms with Crippen molar-refractivity contribution in [2.75, 3.05) is 5.32 Å². The van der Waals surface area contributed by atoms with E-state index in [1.165, 1.54) is 12.1 Å². The molecule has 1 aromatic carbocycles. The summed E-state index contributed by atoms with van der Waals surface area (Å²) in [6.07, 6.45) is 0.986. The number of benzene rings is 1. The summed E-state index contributed by atoms with van der Waals surface area (Å²) in [5, 5.41) is 13.4. The van der Waals surface area contributed by atoms with Gasteiger partial charge in [0.05, 0.1) is 10.6 Å². The lowest BCUT2D eigenvalue weighted by atomic mass is 10.1. The van der Waals surface area contributed by atoms with Gasteiger partial charge in [0.15, 0.2) is 0 Å². The summed E-state index contributed by atoms with van der Waals surface area (Å²) >= 11 is 0. The molecule has 6 nitrogen and oxygen atoms in total. The predicted octanol–water partition coefficient (Wildman–Crippen LogP) is 3.89. The van der Waals surface area contributed by atoms with E-state index in [1.807, 2.05) is 6.92 Å². The Kier molecular flexibility index (Phi) is 5.07. The molecule has 1 rings (SSSR count). The number of ether oxygens (including phenoxy) is 1. The first-order valence-electron chi connectivity index (χ1n) is 6.50. The zero-order chi connectivity index (χ0) is 15.3. The van der Waals surface area contributed by atoms with E-state index in [0.717, 1.165) is 18.4 Å². The van der Waals surface area contributed by atoms with E-state index in [4.69, 9.17) is 4.74 Å². The van der Waals surface area contributed by atoms with Crippen molar-refractivity contribution in [2.24, 2.45) is 0 Å². The Morgan fingerprint density at radius 2 is 2.05 bits per heavy atom. The molecule has 0 unspecified atom stereocenters. The van der Waals surface area contributed by atoms with Gasteiger partial charge >= 0.3 is 6.09 Å². The summed E-state index contributed by atoms with van der Waals surface area (Å²) in [6.45, 7) is 7.27. The van der Waals surface area contributed by atoms with Gasteiger partial charge in [0.1, 0.15) is 5.60 Å². The predicted molar refractivity (Wildman–Crippen MR) is 76.9 cm³/mol. The van der Waals surface area contributed by atoms with Gasteiger partial charge in [-0.2, -0.15) is 0 Å². The lowest BCUT2D eigenvalue weighted by molar-refractivity contribution is -0.384. The maximum absolute atomic E-state index is 11.8. The Labute approximate surface area is 118 Å². The molecule has 0 aliphatic carbocycles. The number of nitro benzene ring substituents is 1. The van der Waals surface area contributed by atoms with Crippen molar-refractivity contribution in [1.82, 2.24) is 0 Å². The van der Waals surface area contributed by atoms with E-state index < -0.39 is 16.6 Å².